The van der Waals surface area contributed by atoms with E-state index in [-0.39, 0.29) is 11.9 Å². The van der Waals surface area contributed by atoms with Gasteiger partial charge >= 0.3 is 5.97 Å². The van der Waals surface area contributed by atoms with Crippen molar-refractivity contribution in [3.05, 3.63) is 64.7 Å². The highest BCUT2D eigenvalue weighted by molar-refractivity contribution is 6.31. The Hall–Kier alpha value is -2.33. The number of hydrogen-bond donors (Lipinski definition) is 1. The van der Waals surface area contributed by atoms with Crippen LogP contribution in [0.3, 0.4) is 0 Å². The van der Waals surface area contributed by atoms with Gasteiger partial charge in [-0.3, -0.25) is 4.79 Å². The first-order chi connectivity index (χ1) is 11.5. The predicted octanol–water partition coefficient (Wildman–Crippen LogP) is 4.80. The van der Waals surface area contributed by atoms with Gasteiger partial charge in [0.1, 0.15) is 0 Å². The fourth-order valence-electron chi connectivity index (χ4n) is 1.99. The normalized spacial score (nSPS) is 10.5. The molecule has 1 amide bonds. The Kier molecular flexibility index (Phi) is 6.38. The molecule has 24 heavy (non-hydrogen) atoms. The summed E-state index contributed by atoms with van der Waals surface area (Å²) in [6.07, 6.45) is 0.833. The van der Waals surface area contributed by atoms with Crippen LogP contribution in [-0.2, 0) is 4.74 Å². The molecule has 4 nitrogen and oxygen atoms in total. The molecule has 0 radical (unpaired) electrons. The van der Waals surface area contributed by atoms with Crippen LogP contribution in [0.2, 0.25) is 5.02 Å². The van der Waals surface area contributed by atoms with Gasteiger partial charge in [0.2, 0.25) is 0 Å². The lowest BCUT2D eigenvalue weighted by Crippen LogP contribution is -2.12. The van der Waals surface area contributed by atoms with Crippen molar-refractivity contribution in [1.82, 2.24) is 0 Å². The molecule has 0 atom stereocenters. The molecule has 0 aliphatic rings. The van der Waals surface area contributed by atoms with E-state index >= 15 is 0 Å². The van der Waals surface area contributed by atoms with Crippen molar-refractivity contribution < 1.29 is 14.3 Å². The van der Waals surface area contributed by atoms with E-state index in [1.807, 2.05) is 0 Å². The molecular formula is C19H20ClNO3. The first kappa shape index (κ1) is 18.0. The van der Waals surface area contributed by atoms with E-state index in [0.717, 1.165) is 6.42 Å². The maximum absolute atomic E-state index is 12.1. The third kappa shape index (κ3) is 5.39. The third-order valence-corrected chi connectivity index (χ3v) is 3.63. The standard InChI is InChI=1S/C19H20ClNO3/c1-13(2)10-11-24-19(23)14-6-8-17(9-7-14)21-18(22)15-4-3-5-16(20)12-15/h3-9,12-13H,10-11H2,1-2H3,(H,21,22). The molecule has 0 aromatic heterocycles. The van der Waals surface area contributed by atoms with Gasteiger partial charge in [-0.1, -0.05) is 31.5 Å². The summed E-state index contributed by atoms with van der Waals surface area (Å²) in [5.41, 5.74) is 1.53. The topological polar surface area (TPSA) is 55.4 Å². The number of carbonyl (C=O) groups is 2. The highest BCUT2D eigenvalue weighted by Gasteiger charge is 2.09. The summed E-state index contributed by atoms with van der Waals surface area (Å²) in [4.78, 5) is 24.0. The molecule has 0 spiro atoms. The molecule has 5 heteroatoms. The number of ether oxygens (including phenoxy) is 1. The quantitative estimate of drug-likeness (QED) is 0.765. The minimum atomic E-state index is -0.358. The van der Waals surface area contributed by atoms with Crippen LogP contribution in [0.15, 0.2) is 48.5 Å². The summed E-state index contributed by atoms with van der Waals surface area (Å²) < 4.78 is 5.20. The van der Waals surface area contributed by atoms with Crippen LogP contribution in [0, 0.1) is 5.92 Å². The van der Waals surface area contributed by atoms with Crippen LogP contribution in [0.4, 0.5) is 5.69 Å². The van der Waals surface area contributed by atoms with Crippen molar-refractivity contribution in [3.8, 4) is 0 Å². The van der Waals surface area contributed by atoms with E-state index in [9.17, 15) is 9.59 Å². The number of anilines is 1. The van der Waals surface area contributed by atoms with E-state index in [1.165, 1.54) is 0 Å². The average molecular weight is 346 g/mol. The van der Waals surface area contributed by atoms with Crippen molar-refractivity contribution in [1.29, 1.82) is 0 Å². The van der Waals surface area contributed by atoms with Gasteiger partial charge in [-0.05, 0) is 54.8 Å². The van der Waals surface area contributed by atoms with Crippen LogP contribution >= 0.6 is 11.6 Å². The third-order valence-electron chi connectivity index (χ3n) is 3.39. The van der Waals surface area contributed by atoms with Crippen LogP contribution < -0.4 is 5.32 Å². The number of rotatable bonds is 6. The minimum Gasteiger partial charge on any atom is -0.462 e. The van der Waals surface area contributed by atoms with E-state index < -0.39 is 0 Å². The first-order valence-electron chi connectivity index (χ1n) is 7.80. The molecule has 0 fully saturated rings. The van der Waals surface area contributed by atoms with Gasteiger partial charge in [-0.25, -0.2) is 4.79 Å². The van der Waals surface area contributed by atoms with Crippen molar-refractivity contribution in [2.24, 2.45) is 5.92 Å². The molecule has 126 valence electrons. The summed E-state index contributed by atoms with van der Waals surface area (Å²) in [6, 6.07) is 13.3. The van der Waals surface area contributed by atoms with Gasteiger partial charge in [0, 0.05) is 16.3 Å². The number of benzene rings is 2. The molecule has 0 aliphatic heterocycles. The van der Waals surface area contributed by atoms with Crippen molar-refractivity contribution in [3.63, 3.8) is 0 Å². The van der Waals surface area contributed by atoms with Crippen LogP contribution in [0.1, 0.15) is 41.0 Å². The van der Waals surface area contributed by atoms with E-state index in [1.54, 1.807) is 48.5 Å². The number of hydrogen-bond acceptors (Lipinski definition) is 3. The average Bonchev–Trinajstić information content (AvgIpc) is 2.55. The Labute approximate surface area is 146 Å². The van der Waals surface area contributed by atoms with Gasteiger partial charge < -0.3 is 10.1 Å². The molecule has 0 aliphatic carbocycles. The summed E-state index contributed by atoms with van der Waals surface area (Å²) in [7, 11) is 0. The highest BCUT2D eigenvalue weighted by atomic mass is 35.5. The predicted molar refractivity (Wildman–Crippen MR) is 95.6 cm³/mol. The largest absolute Gasteiger partial charge is 0.462 e. The number of nitrogens with one attached hydrogen (secondary N) is 1. The van der Waals surface area contributed by atoms with Crippen LogP contribution in [-0.4, -0.2) is 18.5 Å². The Bertz CT molecular complexity index is 711. The zero-order valence-corrected chi connectivity index (χ0v) is 14.5. The molecule has 1 N–H and O–H groups in total. The summed E-state index contributed by atoms with van der Waals surface area (Å²) in [5, 5.41) is 3.26. The summed E-state index contributed by atoms with van der Waals surface area (Å²) >= 11 is 5.88. The van der Waals surface area contributed by atoms with Crippen molar-refractivity contribution in [2.45, 2.75) is 20.3 Å². The second kappa shape index (κ2) is 8.50. The molecule has 2 aromatic carbocycles. The number of halogens is 1. The molecule has 2 rings (SSSR count). The molecule has 0 unspecified atom stereocenters. The molecule has 0 saturated carbocycles. The Balaban J connectivity index is 1.94. The van der Waals surface area contributed by atoms with Crippen molar-refractivity contribution >= 4 is 29.2 Å². The molecule has 0 saturated heterocycles. The van der Waals surface area contributed by atoms with Gasteiger partial charge in [0.05, 0.1) is 12.2 Å². The van der Waals surface area contributed by atoms with Gasteiger partial charge in [-0.2, -0.15) is 0 Å². The highest BCUT2D eigenvalue weighted by Crippen LogP contribution is 2.15. The second-order valence-corrected chi connectivity index (χ2v) is 6.30. The van der Waals surface area contributed by atoms with Gasteiger partial charge in [0.25, 0.3) is 5.91 Å². The van der Waals surface area contributed by atoms with E-state index in [2.05, 4.69) is 19.2 Å². The Morgan fingerprint density at radius 2 is 1.79 bits per heavy atom. The Morgan fingerprint density at radius 1 is 1.08 bits per heavy atom. The molecule has 2 aromatic rings. The number of esters is 1. The lowest BCUT2D eigenvalue weighted by molar-refractivity contribution is 0.0488. The maximum Gasteiger partial charge on any atom is 0.338 e. The van der Waals surface area contributed by atoms with Gasteiger partial charge in [0.15, 0.2) is 0 Å². The first-order valence-corrected chi connectivity index (χ1v) is 8.17. The Morgan fingerprint density at radius 3 is 2.42 bits per heavy atom. The molecule has 0 bridgehead atoms. The lowest BCUT2D eigenvalue weighted by Gasteiger charge is -2.08. The fraction of sp³-hybridized carbons (Fsp3) is 0.263. The zero-order valence-electron chi connectivity index (χ0n) is 13.7. The molecule has 0 heterocycles. The monoisotopic (exact) mass is 345 g/mol. The SMILES string of the molecule is CC(C)CCOC(=O)c1ccc(NC(=O)c2cccc(Cl)c2)cc1. The summed E-state index contributed by atoms with van der Waals surface area (Å²) in [6.45, 7) is 4.56. The smallest absolute Gasteiger partial charge is 0.338 e. The van der Waals surface area contributed by atoms with Gasteiger partial charge in [-0.15, -0.1) is 0 Å². The number of carbonyl (C=O) groups excluding carboxylic acids is 2. The van der Waals surface area contributed by atoms with E-state index in [0.29, 0.717) is 34.4 Å². The second-order valence-electron chi connectivity index (χ2n) is 5.86. The zero-order chi connectivity index (χ0) is 17.5. The minimum absolute atomic E-state index is 0.259. The molecular weight excluding hydrogens is 326 g/mol. The van der Waals surface area contributed by atoms with Crippen LogP contribution in [0.25, 0.3) is 0 Å². The fourth-order valence-corrected chi connectivity index (χ4v) is 2.18. The van der Waals surface area contributed by atoms with E-state index in [4.69, 9.17) is 16.3 Å². The lowest BCUT2D eigenvalue weighted by atomic mass is 10.1. The van der Waals surface area contributed by atoms with Crippen molar-refractivity contribution in [2.75, 3.05) is 11.9 Å². The summed E-state index contributed by atoms with van der Waals surface area (Å²) in [5.74, 6) is -0.130. The number of amides is 1. The maximum atomic E-state index is 12.1. The van der Waals surface area contributed by atoms with Crippen LogP contribution in [0.5, 0.6) is 0 Å².